The van der Waals surface area contributed by atoms with Crippen LogP contribution in [0.25, 0.3) is 0 Å². The third kappa shape index (κ3) is 2.23. The van der Waals surface area contributed by atoms with Crippen molar-refractivity contribution in [3.05, 3.63) is 11.7 Å². The van der Waals surface area contributed by atoms with Gasteiger partial charge in [0.15, 0.2) is 5.82 Å². The van der Waals surface area contributed by atoms with E-state index in [1.54, 1.807) is 0 Å². The highest BCUT2D eigenvalue weighted by molar-refractivity contribution is 6.20. The van der Waals surface area contributed by atoms with Crippen LogP contribution in [0, 0.1) is 0 Å². The molecule has 1 aromatic heterocycles. The molecule has 5 heteroatoms. The molecule has 1 aliphatic rings. The molecular weight excluding hydrogens is 228 g/mol. The van der Waals surface area contributed by atoms with Crippen LogP contribution in [0.5, 0.6) is 0 Å². The second-order valence-electron chi connectivity index (χ2n) is 4.40. The van der Waals surface area contributed by atoms with Crippen molar-refractivity contribution in [2.24, 2.45) is 0 Å². The quantitative estimate of drug-likeness (QED) is 0.764. The van der Waals surface area contributed by atoms with Crippen molar-refractivity contribution in [2.75, 3.05) is 6.61 Å². The summed E-state index contributed by atoms with van der Waals surface area (Å²) in [4.78, 5) is 4.35. The number of aromatic nitrogens is 2. The number of ether oxygens (including phenoxy) is 1. The summed E-state index contributed by atoms with van der Waals surface area (Å²) >= 11 is 6.15. The molecule has 2 unspecified atom stereocenters. The SMILES string of the molecule is CCCC(Cl)c1noc(C2(C)CCCO2)n1. The van der Waals surface area contributed by atoms with Crippen molar-refractivity contribution in [1.82, 2.24) is 10.1 Å². The predicted molar refractivity (Wildman–Crippen MR) is 60.3 cm³/mol. The van der Waals surface area contributed by atoms with E-state index >= 15 is 0 Å². The molecule has 1 fully saturated rings. The van der Waals surface area contributed by atoms with Crippen LogP contribution in [-0.2, 0) is 10.3 Å². The van der Waals surface area contributed by atoms with Gasteiger partial charge in [0, 0.05) is 6.61 Å². The molecule has 0 aromatic carbocycles. The maximum absolute atomic E-state index is 6.15. The van der Waals surface area contributed by atoms with Crippen LogP contribution in [0.2, 0.25) is 0 Å². The van der Waals surface area contributed by atoms with E-state index < -0.39 is 5.60 Å². The highest BCUT2D eigenvalue weighted by Crippen LogP contribution is 2.35. The van der Waals surface area contributed by atoms with Crippen molar-refractivity contribution in [3.63, 3.8) is 0 Å². The van der Waals surface area contributed by atoms with Gasteiger partial charge in [0.25, 0.3) is 5.89 Å². The minimum Gasteiger partial charge on any atom is -0.365 e. The maximum Gasteiger partial charge on any atom is 0.258 e. The van der Waals surface area contributed by atoms with E-state index in [1.807, 2.05) is 6.92 Å². The number of alkyl halides is 1. The lowest BCUT2D eigenvalue weighted by molar-refractivity contribution is -0.00937. The average molecular weight is 245 g/mol. The molecule has 90 valence electrons. The fourth-order valence-corrected chi connectivity index (χ4v) is 2.21. The second kappa shape index (κ2) is 4.72. The summed E-state index contributed by atoms with van der Waals surface area (Å²) in [5.41, 5.74) is -0.409. The Kier molecular flexibility index (Phi) is 3.50. The van der Waals surface area contributed by atoms with Gasteiger partial charge in [0.05, 0.1) is 5.38 Å². The molecule has 0 amide bonds. The Balaban J connectivity index is 2.12. The fourth-order valence-electron chi connectivity index (χ4n) is 1.91. The Morgan fingerprint density at radius 2 is 2.38 bits per heavy atom. The van der Waals surface area contributed by atoms with E-state index in [0.717, 1.165) is 32.3 Å². The standard InChI is InChI=1S/C11H17ClN2O2/c1-3-5-8(12)9-13-10(16-14-9)11(2)6-4-7-15-11/h8H,3-7H2,1-2H3. The first-order chi connectivity index (χ1) is 7.65. The molecular formula is C11H17ClN2O2. The van der Waals surface area contributed by atoms with Gasteiger partial charge in [-0.05, 0) is 26.2 Å². The van der Waals surface area contributed by atoms with Crippen LogP contribution < -0.4 is 0 Å². The van der Waals surface area contributed by atoms with Gasteiger partial charge >= 0.3 is 0 Å². The highest BCUT2D eigenvalue weighted by atomic mass is 35.5. The van der Waals surface area contributed by atoms with Crippen molar-refractivity contribution >= 4 is 11.6 Å². The molecule has 0 spiro atoms. The lowest BCUT2D eigenvalue weighted by Crippen LogP contribution is -2.20. The summed E-state index contributed by atoms with van der Waals surface area (Å²) in [6.45, 7) is 4.82. The summed E-state index contributed by atoms with van der Waals surface area (Å²) in [6, 6.07) is 0. The van der Waals surface area contributed by atoms with Gasteiger partial charge in [0.1, 0.15) is 5.60 Å². The van der Waals surface area contributed by atoms with Gasteiger partial charge in [0.2, 0.25) is 0 Å². The summed E-state index contributed by atoms with van der Waals surface area (Å²) in [5, 5.41) is 3.77. The number of rotatable bonds is 4. The van der Waals surface area contributed by atoms with E-state index in [2.05, 4.69) is 17.1 Å². The number of hydrogen-bond donors (Lipinski definition) is 0. The minimum atomic E-state index is -0.409. The summed E-state index contributed by atoms with van der Waals surface area (Å²) < 4.78 is 10.9. The van der Waals surface area contributed by atoms with Gasteiger partial charge < -0.3 is 9.26 Å². The Hall–Kier alpha value is -0.610. The molecule has 2 heterocycles. The third-order valence-electron chi connectivity index (χ3n) is 2.94. The Morgan fingerprint density at radius 1 is 1.56 bits per heavy atom. The zero-order valence-corrected chi connectivity index (χ0v) is 10.5. The maximum atomic E-state index is 6.15. The smallest absolute Gasteiger partial charge is 0.258 e. The monoisotopic (exact) mass is 244 g/mol. The molecule has 2 atom stereocenters. The van der Waals surface area contributed by atoms with Gasteiger partial charge in [-0.2, -0.15) is 4.98 Å². The van der Waals surface area contributed by atoms with Crippen LogP contribution in [0.3, 0.4) is 0 Å². The van der Waals surface area contributed by atoms with Crippen LogP contribution in [0.1, 0.15) is 56.6 Å². The number of nitrogens with zero attached hydrogens (tertiary/aromatic N) is 2. The second-order valence-corrected chi connectivity index (χ2v) is 4.92. The average Bonchev–Trinajstić information content (AvgIpc) is 2.86. The topological polar surface area (TPSA) is 48.2 Å². The Labute approximate surface area is 100 Å². The fraction of sp³-hybridized carbons (Fsp3) is 0.818. The lowest BCUT2D eigenvalue weighted by atomic mass is 10.0. The van der Waals surface area contributed by atoms with Gasteiger partial charge in [-0.3, -0.25) is 0 Å². The first kappa shape index (κ1) is 11.9. The molecule has 0 radical (unpaired) electrons. The molecule has 16 heavy (non-hydrogen) atoms. The van der Waals surface area contributed by atoms with Gasteiger partial charge in [-0.15, -0.1) is 11.6 Å². The summed E-state index contributed by atoms with van der Waals surface area (Å²) in [5.74, 6) is 1.14. The molecule has 0 bridgehead atoms. The first-order valence-electron chi connectivity index (χ1n) is 5.78. The largest absolute Gasteiger partial charge is 0.365 e. The molecule has 1 aromatic rings. The van der Waals surface area contributed by atoms with Crippen LogP contribution in [0.15, 0.2) is 4.52 Å². The van der Waals surface area contributed by atoms with Crippen molar-refractivity contribution in [2.45, 2.75) is 50.5 Å². The van der Waals surface area contributed by atoms with E-state index in [0.29, 0.717) is 11.7 Å². The van der Waals surface area contributed by atoms with E-state index in [9.17, 15) is 0 Å². The summed E-state index contributed by atoms with van der Waals surface area (Å²) in [7, 11) is 0. The zero-order valence-electron chi connectivity index (χ0n) is 9.70. The first-order valence-corrected chi connectivity index (χ1v) is 6.21. The van der Waals surface area contributed by atoms with Crippen LogP contribution in [0.4, 0.5) is 0 Å². The molecule has 1 aliphatic heterocycles. The van der Waals surface area contributed by atoms with Crippen molar-refractivity contribution in [1.29, 1.82) is 0 Å². The van der Waals surface area contributed by atoms with E-state index in [1.165, 1.54) is 0 Å². The lowest BCUT2D eigenvalue weighted by Gasteiger charge is -2.16. The molecule has 0 saturated carbocycles. The van der Waals surface area contributed by atoms with Gasteiger partial charge in [-0.25, -0.2) is 0 Å². The van der Waals surface area contributed by atoms with E-state index in [-0.39, 0.29) is 5.38 Å². The van der Waals surface area contributed by atoms with E-state index in [4.69, 9.17) is 20.9 Å². The highest BCUT2D eigenvalue weighted by Gasteiger charge is 2.37. The molecule has 4 nitrogen and oxygen atoms in total. The predicted octanol–water partition coefficient (Wildman–Crippen LogP) is 3.18. The zero-order chi connectivity index (χ0) is 11.6. The van der Waals surface area contributed by atoms with Crippen molar-refractivity contribution in [3.8, 4) is 0 Å². The Bertz CT molecular complexity index is 348. The van der Waals surface area contributed by atoms with Gasteiger partial charge in [-0.1, -0.05) is 18.5 Å². The molecule has 0 aliphatic carbocycles. The molecule has 1 saturated heterocycles. The Morgan fingerprint density at radius 3 is 3.00 bits per heavy atom. The van der Waals surface area contributed by atoms with Crippen molar-refractivity contribution < 1.29 is 9.26 Å². The van der Waals surface area contributed by atoms with Crippen LogP contribution in [-0.4, -0.2) is 16.7 Å². The molecule has 2 rings (SSSR count). The number of hydrogen-bond acceptors (Lipinski definition) is 4. The van der Waals surface area contributed by atoms with Crippen LogP contribution >= 0.6 is 11.6 Å². The minimum absolute atomic E-state index is 0.160. The summed E-state index contributed by atoms with van der Waals surface area (Å²) in [6.07, 6.45) is 3.83. The normalized spacial score (nSPS) is 27.2. The number of halogens is 1. The third-order valence-corrected chi connectivity index (χ3v) is 3.35. The molecule has 0 N–H and O–H groups in total.